The molecule has 0 atom stereocenters. The van der Waals surface area contributed by atoms with Gasteiger partial charge in [-0.1, -0.05) is 12.1 Å². The number of morpholine rings is 1. The molecule has 0 unspecified atom stereocenters. The first kappa shape index (κ1) is 17.8. The quantitative estimate of drug-likeness (QED) is 0.562. The topological polar surface area (TPSA) is 71.8 Å². The molecule has 0 spiro atoms. The lowest BCUT2D eigenvalue weighted by atomic mass is 10.1. The van der Waals surface area contributed by atoms with Gasteiger partial charge in [-0.25, -0.2) is 9.97 Å². The predicted octanol–water partition coefficient (Wildman–Crippen LogP) is 3.55. The molecule has 7 nitrogen and oxygen atoms in total. The fourth-order valence-electron chi connectivity index (χ4n) is 3.44. The Morgan fingerprint density at radius 3 is 2.72 bits per heavy atom. The zero-order valence-electron chi connectivity index (χ0n) is 15.6. The third kappa shape index (κ3) is 3.59. The number of fused-ring (bicyclic) bond motifs is 1. The van der Waals surface area contributed by atoms with Gasteiger partial charge >= 0.3 is 0 Å². The van der Waals surface area contributed by atoms with Gasteiger partial charge in [-0.05, 0) is 24.3 Å². The number of rotatable bonds is 4. The highest BCUT2D eigenvalue weighted by Gasteiger charge is 2.16. The van der Waals surface area contributed by atoms with Crippen LogP contribution in [-0.2, 0) is 4.74 Å². The molecule has 8 heteroatoms. The molecule has 0 bridgehead atoms. The maximum absolute atomic E-state index is 12.7. The van der Waals surface area contributed by atoms with Gasteiger partial charge in [0.1, 0.15) is 5.65 Å². The predicted molar refractivity (Wildman–Crippen MR) is 114 cm³/mol. The van der Waals surface area contributed by atoms with E-state index in [1.54, 1.807) is 12.3 Å². The van der Waals surface area contributed by atoms with Crippen LogP contribution in [0.1, 0.15) is 10.4 Å². The fraction of sp³-hybridized carbons (Fsp3) is 0.190. The number of carbonyl (C=O) groups excluding carboxylic acids is 1. The summed E-state index contributed by atoms with van der Waals surface area (Å²) in [7, 11) is 0. The van der Waals surface area contributed by atoms with Crippen LogP contribution in [0.4, 0.5) is 10.8 Å². The van der Waals surface area contributed by atoms with Crippen molar-refractivity contribution in [1.82, 2.24) is 14.4 Å². The number of anilines is 2. The van der Waals surface area contributed by atoms with E-state index in [9.17, 15) is 4.79 Å². The highest BCUT2D eigenvalue weighted by molar-refractivity contribution is 7.13. The summed E-state index contributed by atoms with van der Waals surface area (Å²) in [4.78, 5) is 23.8. The van der Waals surface area contributed by atoms with Crippen molar-refractivity contribution >= 4 is 33.7 Å². The zero-order valence-corrected chi connectivity index (χ0v) is 16.4. The van der Waals surface area contributed by atoms with Crippen LogP contribution < -0.4 is 10.2 Å². The summed E-state index contributed by atoms with van der Waals surface area (Å²) in [6.07, 6.45) is 5.50. The molecular weight excluding hydrogens is 386 g/mol. The van der Waals surface area contributed by atoms with Crippen molar-refractivity contribution in [1.29, 1.82) is 0 Å². The first-order valence-electron chi connectivity index (χ1n) is 9.40. The highest BCUT2D eigenvalue weighted by Crippen LogP contribution is 2.25. The van der Waals surface area contributed by atoms with Gasteiger partial charge in [-0.2, -0.15) is 0 Å². The number of amides is 1. The fourth-order valence-corrected chi connectivity index (χ4v) is 3.97. The van der Waals surface area contributed by atoms with E-state index in [0.29, 0.717) is 16.3 Å². The van der Waals surface area contributed by atoms with Crippen molar-refractivity contribution in [3.8, 4) is 11.3 Å². The van der Waals surface area contributed by atoms with E-state index in [1.807, 2.05) is 28.2 Å². The Hall–Kier alpha value is -3.23. The largest absolute Gasteiger partial charge is 0.378 e. The monoisotopic (exact) mass is 405 g/mol. The minimum Gasteiger partial charge on any atom is -0.378 e. The van der Waals surface area contributed by atoms with Crippen molar-refractivity contribution in [2.45, 2.75) is 0 Å². The number of carbonyl (C=O) groups is 1. The zero-order chi connectivity index (χ0) is 19.6. The molecule has 1 N–H and O–H groups in total. The second-order valence-corrected chi connectivity index (χ2v) is 7.61. The Morgan fingerprint density at radius 1 is 1.14 bits per heavy atom. The van der Waals surface area contributed by atoms with Crippen molar-refractivity contribution in [2.75, 3.05) is 36.5 Å². The molecule has 1 fully saturated rings. The summed E-state index contributed by atoms with van der Waals surface area (Å²) in [5.41, 5.74) is 4.15. The molecule has 1 aromatic carbocycles. The lowest BCUT2D eigenvalue weighted by Crippen LogP contribution is -2.36. The summed E-state index contributed by atoms with van der Waals surface area (Å²) < 4.78 is 7.30. The number of imidazole rings is 1. The van der Waals surface area contributed by atoms with Crippen LogP contribution in [0.5, 0.6) is 0 Å². The van der Waals surface area contributed by atoms with Gasteiger partial charge < -0.3 is 14.0 Å². The van der Waals surface area contributed by atoms with Gasteiger partial charge in [0.05, 0.1) is 24.5 Å². The third-order valence-electron chi connectivity index (χ3n) is 4.92. The van der Waals surface area contributed by atoms with E-state index in [0.717, 1.165) is 37.6 Å². The smallest absolute Gasteiger partial charge is 0.261 e. The Balaban J connectivity index is 1.43. The van der Waals surface area contributed by atoms with E-state index < -0.39 is 0 Å². The Labute approximate surface area is 171 Å². The molecule has 0 radical (unpaired) electrons. The number of nitrogens with zero attached hydrogens (tertiary/aromatic N) is 4. The van der Waals surface area contributed by atoms with Gasteiger partial charge in [-0.3, -0.25) is 10.1 Å². The number of benzene rings is 1. The molecule has 0 aliphatic carbocycles. The van der Waals surface area contributed by atoms with Crippen LogP contribution in [-0.4, -0.2) is 46.6 Å². The van der Waals surface area contributed by atoms with Gasteiger partial charge in [0, 0.05) is 48.3 Å². The SMILES string of the molecule is O=C(Nc1nccs1)c1cccn2cc(-c3ccc(N4CCOCC4)cc3)nc12. The summed E-state index contributed by atoms with van der Waals surface area (Å²) >= 11 is 1.38. The van der Waals surface area contributed by atoms with E-state index >= 15 is 0 Å². The highest BCUT2D eigenvalue weighted by atomic mass is 32.1. The van der Waals surface area contributed by atoms with Crippen LogP contribution >= 0.6 is 11.3 Å². The molecular formula is C21H19N5O2S. The first-order valence-corrected chi connectivity index (χ1v) is 10.3. The van der Waals surface area contributed by atoms with E-state index in [4.69, 9.17) is 9.72 Å². The van der Waals surface area contributed by atoms with Crippen LogP contribution in [0.25, 0.3) is 16.9 Å². The maximum atomic E-state index is 12.7. The molecule has 3 aromatic heterocycles. The van der Waals surface area contributed by atoms with Gasteiger partial charge in [0.2, 0.25) is 0 Å². The van der Waals surface area contributed by atoms with Crippen molar-refractivity contribution < 1.29 is 9.53 Å². The van der Waals surface area contributed by atoms with E-state index in [1.165, 1.54) is 17.0 Å². The second kappa shape index (κ2) is 7.65. The minimum absolute atomic E-state index is 0.217. The van der Waals surface area contributed by atoms with Gasteiger partial charge in [-0.15, -0.1) is 11.3 Å². The molecule has 1 aliphatic heterocycles. The second-order valence-electron chi connectivity index (χ2n) is 6.72. The number of nitrogens with one attached hydrogen (secondary N) is 1. The summed E-state index contributed by atoms with van der Waals surface area (Å²) in [6, 6.07) is 12.0. The molecule has 0 saturated carbocycles. The molecule has 5 rings (SSSR count). The summed E-state index contributed by atoms with van der Waals surface area (Å²) in [5.74, 6) is -0.217. The molecule has 146 valence electrons. The number of hydrogen-bond acceptors (Lipinski definition) is 6. The Kier molecular flexibility index (Phi) is 4.71. The van der Waals surface area contributed by atoms with E-state index in [-0.39, 0.29) is 5.91 Å². The van der Waals surface area contributed by atoms with E-state index in [2.05, 4.69) is 39.5 Å². The standard InChI is InChI=1S/C21H19N5O2S/c27-20(24-21-22-7-13-29-21)17-2-1-8-26-14-18(23-19(17)26)15-3-5-16(6-4-15)25-9-11-28-12-10-25/h1-8,13-14H,9-12H2,(H,22,24,27). The number of ether oxygens (including phenoxy) is 1. The molecule has 4 heterocycles. The number of hydrogen-bond donors (Lipinski definition) is 1. The summed E-state index contributed by atoms with van der Waals surface area (Å²) in [5, 5.41) is 5.22. The Bertz CT molecular complexity index is 1130. The van der Waals surface area contributed by atoms with Crippen molar-refractivity contribution in [3.05, 3.63) is 65.9 Å². The molecule has 1 aliphatic rings. The van der Waals surface area contributed by atoms with Crippen molar-refractivity contribution in [3.63, 3.8) is 0 Å². The minimum atomic E-state index is -0.217. The maximum Gasteiger partial charge on any atom is 0.261 e. The Morgan fingerprint density at radius 2 is 1.97 bits per heavy atom. The molecule has 29 heavy (non-hydrogen) atoms. The average molecular weight is 405 g/mol. The molecule has 1 amide bonds. The first-order chi connectivity index (χ1) is 14.3. The number of thiazole rings is 1. The van der Waals surface area contributed by atoms with Gasteiger partial charge in [0.25, 0.3) is 5.91 Å². The number of aromatic nitrogens is 3. The lowest BCUT2D eigenvalue weighted by molar-refractivity contribution is 0.102. The van der Waals surface area contributed by atoms with Crippen LogP contribution in [0.2, 0.25) is 0 Å². The van der Waals surface area contributed by atoms with Crippen LogP contribution in [0, 0.1) is 0 Å². The number of pyridine rings is 1. The molecule has 4 aromatic rings. The van der Waals surface area contributed by atoms with Crippen LogP contribution in [0.15, 0.2) is 60.4 Å². The normalized spacial score (nSPS) is 14.3. The third-order valence-corrected chi connectivity index (χ3v) is 5.61. The average Bonchev–Trinajstić information content (AvgIpc) is 3.44. The van der Waals surface area contributed by atoms with Crippen LogP contribution in [0.3, 0.4) is 0 Å². The van der Waals surface area contributed by atoms with Gasteiger partial charge in [0.15, 0.2) is 5.13 Å². The van der Waals surface area contributed by atoms with Crippen molar-refractivity contribution in [2.24, 2.45) is 0 Å². The molecule has 1 saturated heterocycles. The lowest BCUT2D eigenvalue weighted by Gasteiger charge is -2.28. The summed E-state index contributed by atoms with van der Waals surface area (Å²) in [6.45, 7) is 3.34.